The van der Waals surface area contributed by atoms with Crippen LogP contribution in [0, 0.1) is 0 Å². The Labute approximate surface area is 136 Å². The van der Waals surface area contributed by atoms with Gasteiger partial charge in [-0.15, -0.1) is 0 Å². The van der Waals surface area contributed by atoms with Crippen LogP contribution in [0.1, 0.15) is 24.2 Å². The molecule has 0 aliphatic carbocycles. The molecule has 3 rings (SSSR count). The maximum absolute atomic E-state index is 5.11. The summed E-state index contributed by atoms with van der Waals surface area (Å²) in [5, 5.41) is 3.57. The molecule has 0 fully saturated rings. The molecule has 0 saturated carbocycles. The van der Waals surface area contributed by atoms with Crippen molar-refractivity contribution in [1.82, 2.24) is 14.9 Å². The zero-order valence-electron chi connectivity index (χ0n) is 13.4. The molecule has 0 saturated heterocycles. The maximum Gasteiger partial charge on any atom is 0.213 e. The first kappa shape index (κ1) is 15.3. The second-order valence-corrected chi connectivity index (χ2v) is 5.44. The number of hydrogen-bond acceptors (Lipinski definition) is 3. The van der Waals surface area contributed by atoms with Crippen LogP contribution in [0.15, 0.2) is 67.0 Å². The van der Waals surface area contributed by atoms with Gasteiger partial charge in [-0.25, -0.2) is 4.98 Å². The summed E-state index contributed by atoms with van der Waals surface area (Å²) < 4.78 is 7.25. The minimum Gasteiger partial charge on any atom is -0.481 e. The number of nitrogens with one attached hydrogen (secondary N) is 1. The summed E-state index contributed by atoms with van der Waals surface area (Å²) in [6.45, 7) is 2.96. The lowest BCUT2D eigenvalue weighted by atomic mass is 10.1. The predicted octanol–water partition coefficient (Wildman–Crippen LogP) is 3.73. The Morgan fingerprint density at radius 2 is 1.91 bits per heavy atom. The van der Waals surface area contributed by atoms with Crippen LogP contribution in [0.3, 0.4) is 0 Å². The molecule has 3 aromatic rings. The second kappa shape index (κ2) is 7.11. The van der Waals surface area contributed by atoms with E-state index in [9.17, 15) is 0 Å². The van der Waals surface area contributed by atoms with Crippen LogP contribution in [-0.4, -0.2) is 16.7 Å². The Hall–Kier alpha value is -2.59. The monoisotopic (exact) mass is 307 g/mol. The van der Waals surface area contributed by atoms with Gasteiger partial charge in [-0.2, -0.15) is 0 Å². The summed E-state index contributed by atoms with van der Waals surface area (Å²) in [6.07, 6.45) is 3.87. The lowest BCUT2D eigenvalue weighted by Gasteiger charge is -2.16. The third kappa shape index (κ3) is 3.60. The summed E-state index contributed by atoms with van der Waals surface area (Å²) in [6, 6.07) is 18.8. The van der Waals surface area contributed by atoms with E-state index in [0.717, 1.165) is 12.2 Å². The number of hydrogen-bond donors (Lipinski definition) is 1. The molecule has 4 nitrogen and oxygen atoms in total. The molecule has 0 aliphatic heterocycles. The highest BCUT2D eigenvalue weighted by molar-refractivity contribution is 5.34. The van der Waals surface area contributed by atoms with Gasteiger partial charge in [0.2, 0.25) is 5.88 Å². The van der Waals surface area contributed by atoms with Gasteiger partial charge in [0.15, 0.2) is 0 Å². The lowest BCUT2D eigenvalue weighted by molar-refractivity contribution is 0.398. The number of nitrogens with zero attached hydrogens (tertiary/aromatic N) is 2. The van der Waals surface area contributed by atoms with Crippen molar-refractivity contribution in [3.63, 3.8) is 0 Å². The summed E-state index contributed by atoms with van der Waals surface area (Å²) in [5.74, 6) is 0.623. The van der Waals surface area contributed by atoms with Gasteiger partial charge in [0.1, 0.15) is 0 Å². The van der Waals surface area contributed by atoms with Crippen molar-refractivity contribution in [2.75, 3.05) is 7.11 Å². The molecule has 1 aromatic carbocycles. The van der Waals surface area contributed by atoms with Crippen molar-refractivity contribution in [1.29, 1.82) is 0 Å². The molecule has 1 atom stereocenters. The number of rotatable bonds is 6. The fraction of sp³-hybridized carbons (Fsp3) is 0.211. The van der Waals surface area contributed by atoms with E-state index in [1.165, 1.54) is 11.3 Å². The zero-order valence-corrected chi connectivity index (χ0v) is 13.4. The average molecular weight is 307 g/mol. The van der Waals surface area contributed by atoms with E-state index in [-0.39, 0.29) is 0 Å². The Morgan fingerprint density at radius 3 is 2.61 bits per heavy atom. The van der Waals surface area contributed by atoms with Crippen molar-refractivity contribution in [3.8, 4) is 11.6 Å². The lowest BCUT2D eigenvalue weighted by Crippen LogP contribution is -2.19. The van der Waals surface area contributed by atoms with E-state index in [1.54, 1.807) is 7.11 Å². The van der Waals surface area contributed by atoms with Crippen LogP contribution in [-0.2, 0) is 6.54 Å². The molecule has 23 heavy (non-hydrogen) atoms. The predicted molar refractivity (Wildman–Crippen MR) is 91.8 cm³/mol. The first-order valence-corrected chi connectivity index (χ1v) is 7.73. The zero-order chi connectivity index (χ0) is 16.1. The van der Waals surface area contributed by atoms with Crippen LogP contribution >= 0.6 is 0 Å². The molecule has 118 valence electrons. The van der Waals surface area contributed by atoms with Crippen LogP contribution in [0.4, 0.5) is 0 Å². The van der Waals surface area contributed by atoms with Crippen LogP contribution < -0.4 is 10.1 Å². The van der Waals surface area contributed by atoms with Crippen LogP contribution in [0.25, 0.3) is 5.69 Å². The topological polar surface area (TPSA) is 39.1 Å². The van der Waals surface area contributed by atoms with Crippen molar-refractivity contribution in [2.24, 2.45) is 0 Å². The molecular weight excluding hydrogens is 286 g/mol. The van der Waals surface area contributed by atoms with E-state index < -0.39 is 0 Å². The van der Waals surface area contributed by atoms with Crippen molar-refractivity contribution in [3.05, 3.63) is 78.2 Å². The van der Waals surface area contributed by atoms with Gasteiger partial charge in [0, 0.05) is 30.5 Å². The number of pyridine rings is 1. The molecule has 1 unspecified atom stereocenters. The van der Waals surface area contributed by atoms with Gasteiger partial charge in [0.05, 0.1) is 19.0 Å². The number of methoxy groups -OCH3 is 1. The highest BCUT2D eigenvalue weighted by atomic mass is 16.5. The largest absolute Gasteiger partial charge is 0.481 e. The molecule has 2 aromatic heterocycles. The van der Waals surface area contributed by atoms with E-state index in [0.29, 0.717) is 11.9 Å². The van der Waals surface area contributed by atoms with Crippen molar-refractivity contribution in [2.45, 2.75) is 19.5 Å². The molecule has 2 heterocycles. The first-order chi connectivity index (χ1) is 11.3. The highest BCUT2D eigenvalue weighted by Crippen LogP contribution is 2.16. The summed E-state index contributed by atoms with van der Waals surface area (Å²) in [5.41, 5.74) is 3.51. The second-order valence-electron chi connectivity index (χ2n) is 5.44. The summed E-state index contributed by atoms with van der Waals surface area (Å²) >= 11 is 0. The standard InChI is InChI=1S/C19H21N3O/c1-15(16-7-4-3-5-8-16)20-13-17-9-6-12-22(17)18-10-11-19(23-2)21-14-18/h3-12,14-15,20H,13H2,1-2H3. The first-order valence-electron chi connectivity index (χ1n) is 7.73. The highest BCUT2D eigenvalue weighted by Gasteiger charge is 2.08. The normalized spacial score (nSPS) is 12.1. The summed E-state index contributed by atoms with van der Waals surface area (Å²) in [4.78, 5) is 4.27. The van der Waals surface area contributed by atoms with Gasteiger partial charge in [-0.05, 0) is 30.7 Å². The minimum absolute atomic E-state index is 0.300. The fourth-order valence-electron chi connectivity index (χ4n) is 2.57. The molecule has 4 heteroatoms. The Kier molecular flexibility index (Phi) is 4.74. The van der Waals surface area contributed by atoms with Crippen LogP contribution in [0.5, 0.6) is 5.88 Å². The third-order valence-electron chi connectivity index (χ3n) is 3.93. The van der Waals surface area contributed by atoms with Gasteiger partial charge < -0.3 is 14.6 Å². The van der Waals surface area contributed by atoms with Crippen molar-refractivity contribution >= 4 is 0 Å². The molecule has 0 radical (unpaired) electrons. The van der Waals surface area contributed by atoms with E-state index in [2.05, 4.69) is 58.2 Å². The quantitative estimate of drug-likeness (QED) is 0.754. The Morgan fingerprint density at radius 1 is 1.09 bits per heavy atom. The molecular formula is C19H21N3O. The number of aromatic nitrogens is 2. The third-order valence-corrected chi connectivity index (χ3v) is 3.93. The molecule has 0 spiro atoms. The van der Waals surface area contributed by atoms with Gasteiger partial charge in [0.25, 0.3) is 0 Å². The molecule has 0 amide bonds. The van der Waals surface area contributed by atoms with E-state index >= 15 is 0 Å². The Balaban J connectivity index is 1.71. The maximum atomic E-state index is 5.11. The minimum atomic E-state index is 0.300. The molecule has 1 N–H and O–H groups in total. The number of benzene rings is 1. The van der Waals surface area contributed by atoms with Gasteiger partial charge in [-0.1, -0.05) is 30.3 Å². The molecule has 0 bridgehead atoms. The average Bonchev–Trinajstić information content (AvgIpc) is 3.09. The van der Waals surface area contributed by atoms with Crippen LogP contribution in [0.2, 0.25) is 0 Å². The Bertz CT molecular complexity index is 735. The van der Waals surface area contributed by atoms with Crippen molar-refractivity contribution < 1.29 is 4.74 Å². The fourth-order valence-corrected chi connectivity index (χ4v) is 2.57. The van der Waals surface area contributed by atoms with Gasteiger partial charge >= 0.3 is 0 Å². The van der Waals surface area contributed by atoms with E-state index in [4.69, 9.17) is 4.74 Å². The number of ether oxygens (including phenoxy) is 1. The molecule has 0 aliphatic rings. The van der Waals surface area contributed by atoms with Gasteiger partial charge in [-0.3, -0.25) is 0 Å². The SMILES string of the molecule is COc1ccc(-n2cccc2CNC(C)c2ccccc2)cn1. The smallest absolute Gasteiger partial charge is 0.213 e. The summed E-state index contributed by atoms with van der Waals surface area (Å²) in [7, 11) is 1.62. The van der Waals surface area contributed by atoms with E-state index in [1.807, 2.05) is 30.6 Å².